The Balaban J connectivity index is 1.95. The Kier molecular flexibility index (Phi) is 4.94. The number of benzene rings is 2. The number of ether oxygens (including phenoxy) is 2. The molecule has 2 aromatic carbocycles. The van der Waals surface area contributed by atoms with Crippen molar-refractivity contribution >= 4 is 17.7 Å². The maximum Gasteiger partial charge on any atom is 0.255 e. The third-order valence-electron chi connectivity index (χ3n) is 3.92. The number of amides is 1. The summed E-state index contributed by atoms with van der Waals surface area (Å²) in [6.45, 7) is 0.602. The fourth-order valence-corrected chi connectivity index (χ4v) is 4.10. The van der Waals surface area contributed by atoms with Crippen molar-refractivity contribution in [3.63, 3.8) is 0 Å². The zero-order chi connectivity index (χ0) is 17.1. The van der Waals surface area contributed by atoms with Crippen LogP contribution in [0.5, 0.6) is 11.5 Å². The van der Waals surface area contributed by atoms with Crippen LogP contribution in [0.25, 0.3) is 0 Å². The number of thioether (sulfide) groups is 1. The van der Waals surface area contributed by atoms with Crippen molar-refractivity contribution in [3.05, 3.63) is 59.4 Å². The molecule has 2 aromatic rings. The van der Waals surface area contributed by atoms with E-state index in [1.807, 2.05) is 18.2 Å². The summed E-state index contributed by atoms with van der Waals surface area (Å²) in [6, 6.07) is 11.4. The summed E-state index contributed by atoms with van der Waals surface area (Å²) in [5.74, 6) is 1.46. The van der Waals surface area contributed by atoms with Crippen LogP contribution in [0.4, 0.5) is 4.39 Å². The molecular formula is C18H18FNO3S. The van der Waals surface area contributed by atoms with Crippen molar-refractivity contribution in [3.8, 4) is 11.5 Å². The van der Waals surface area contributed by atoms with Crippen LogP contribution in [-0.2, 0) is 0 Å². The van der Waals surface area contributed by atoms with Crippen LogP contribution in [0.2, 0.25) is 0 Å². The highest BCUT2D eigenvalue weighted by Gasteiger charge is 2.34. The predicted molar refractivity (Wildman–Crippen MR) is 92.2 cm³/mol. The van der Waals surface area contributed by atoms with Crippen molar-refractivity contribution in [1.82, 2.24) is 4.90 Å². The maximum atomic E-state index is 13.4. The number of hydrogen-bond donors (Lipinski definition) is 0. The third-order valence-corrected chi connectivity index (χ3v) is 5.17. The first-order chi connectivity index (χ1) is 11.7. The number of carbonyl (C=O) groups is 1. The molecule has 0 unspecified atom stereocenters. The second-order valence-corrected chi connectivity index (χ2v) is 6.50. The zero-order valence-corrected chi connectivity index (χ0v) is 14.3. The summed E-state index contributed by atoms with van der Waals surface area (Å²) in [6.07, 6.45) is 0. The van der Waals surface area contributed by atoms with Gasteiger partial charge >= 0.3 is 0 Å². The van der Waals surface area contributed by atoms with E-state index in [0.717, 1.165) is 11.3 Å². The second kappa shape index (κ2) is 7.13. The highest BCUT2D eigenvalue weighted by molar-refractivity contribution is 7.99. The highest BCUT2D eigenvalue weighted by Crippen LogP contribution is 2.45. The van der Waals surface area contributed by atoms with Crippen LogP contribution in [0, 0.1) is 5.82 Å². The van der Waals surface area contributed by atoms with Crippen molar-refractivity contribution in [2.45, 2.75) is 5.37 Å². The minimum Gasteiger partial charge on any atom is -0.493 e. The lowest BCUT2D eigenvalue weighted by Gasteiger charge is -2.26. The average Bonchev–Trinajstić information content (AvgIpc) is 3.09. The van der Waals surface area contributed by atoms with Crippen LogP contribution in [0.3, 0.4) is 0 Å². The Bertz CT molecular complexity index is 753. The Hall–Kier alpha value is -2.21. The molecule has 1 heterocycles. The molecule has 0 saturated carbocycles. The van der Waals surface area contributed by atoms with E-state index in [-0.39, 0.29) is 11.3 Å². The van der Waals surface area contributed by atoms with Crippen LogP contribution >= 0.6 is 11.8 Å². The van der Waals surface area contributed by atoms with Crippen molar-refractivity contribution in [2.24, 2.45) is 0 Å². The van der Waals surface area contributed by atoms with Gasteiger partial charge in [0.15, 0.2) is 11.5 Å². The van der Waals surface area contributed by atoms with Crippen LogP contribution in [-0.4, -0.2) is 37.3 Å². The smallest absolute Gasteiger partial charge is 0.255 e. The van der Waals surface area contributed by atoms with Gasteiger partial charge in [0.05, 0.1) is 14.2 Å². The molecule has 1 atom stereocenters. The minimum atomic E-state index is -0.414. The van der Waals surface area contributed by atoms with Gasteiger partial charge in [-0.3, -0.25) is 4.79 Å². The van der Waals surface area contributed by atoms with Crippen LogP contribution < -0.4 is 9.47 Å². The maximum absolute atomic E-state index is 13.4. The lowest BCUT2D eigenvalue weighted by atomic mass is 10.1. The normalized spacial score (nSPS) is 17.0. The zero-order valence-electron chi connectivity index (χ0n) is 13.5. The molecule has 0 radical (unpaired) electrons. The molecule has 4 nitrogen and oxygen atoms in total. The van der Waals surface area contributed by atoms with Gasteiger partial charge in [-0.1, -0.05) is 18.2 Å². The van der Waals surface area contributed by atoms with Gasteiger partial charge in [-0.2, -0.15) is 0 Å². The van der Waals surface area contributed by atoms with Gasteiger partial charge in [0, 0.05) is 23.4 Å². The summed E-state index contributed by atoms with van der Waals surface area (Å²) in [4.78, 5) is 14.6. The summed E-state index contributed by atoms with van der Waals surface area (Å²) in [5, 5.41) is -0.189. The SMILES string of the molecule is COc1cccc([C@H]2SCCN2C(=O)c2cccc(F)c2)c1OC. The first-order valence-electron chi connectivity index (χ1n) is 7.54. The largest absolute Gasteiger partial charge is 0.493 e. The Morgan fingerprint density at radius 1 is 1.21 bits per heavy atom. The Morgan fingerprint density at radius 2 is 2.00 bits per heavy atom. The standard InChI is InChI=1S/C18H18FNO3S/c1-22-15-8-4-7-14(16(15)23-2)18-20(9-10-24-18)17(21)12-5-3-6-13(19)11-12/h3-8,11,18H,9-10H2,1-2H3/t18-/m1/s1. The van der Waals surface area contributed by atoms with E-state index >= 15 is 0 Å². The minimum absolute atomic E-state index is 0.186. The van der Waals surface area contributed by atoms with Crippen LogP contribution in [0.1, 0.15) is 21.3 Å². The third kappa shape index (κ3) is 3.06. The lowest BCUT2D eigenvalue weighted by Crippen LogP contribution is -2.30. The molecular weight excluding hydrogens is 329 g/mol. The fourth-order valence-electron chi connectivity index (χ4n) is 2.83. The molecule has 1 fully saturated rings. The van der Waals surface area contributed by atoms with Gasteiger partial charge in [0.1, 0.15) is 11.2 Å². The molecule has 1 aliphatic rings. The first kappa shape index (κ1) is 16.6. The van der Waals surface area contributed by atoms with Gasteiger partial charge in [-0.25, -0.2) is 4.39 Å². The van der Waals surface area contributed by atoms with E-state index in [2.05, 4.69) is 0 Å². The summed E-state index contributed by atoms with van der Waals surface area (Å²) >= 11 is 1.66. The molecule has 6 heteroatoms. The van der Waals surface area contributed by atoms with Gasteiger partial charge in [0.2, 0.25) is 0 Å². The van der Waals surface area contributed by atoms with Gasteiger partial charge in [0.25, 0.3) is 5.91 Å². The van der Waals surface area contributed by atoms with Crippen molar-refractivity contribution < 1.29 is 18.7 Å². The predicted octanol–water partition coefficient (Wildman–Crippen LogP) is 3.73. The number of rotatable bonds is 4. The molecule has 1 amide bonds. The molecule has 3 rings (SSSR count). The summed E-state index contributed by atoms with van der Waals surface area (Å²) < 4.78 is 24.3. The number of halogens is 1. The fraction of sp³-hybridized carbons (Fsp3) is 0.278. The van der Waals surface area contributed by atoms with Gasteiger partial charge in [-0.15, -0.1) is 11.8 Å². The van der Waals surface area contributed by atoms with Gasteiger partial charge < -0.3 is 14.4 Å². The van der Waals surface area contributed by atoms with E-state index in [1.54, 1.807) is 43.0 Å². The number of hydrogen-bond acceptors (Lipinski definition) is 4. The molecule has 1 aliphatic heterocycles. The van der Waals surface area contributed by atoms with Crippen LogP contribution in [0.15, 0.2) is 42.5 Å². The summed E-state index contributed by atoms with van der Waals surface area (Å²) in [5.41, 5.74) is 1.23. The number of carbonyl (C=O) groups excluding carboxylic acids is 1. The lowest BCUT2D eigenvalue weighted by molar-refractivity contribution is 0.0758. The van der Waals surface area contributed by atoms with E-state index in [9.17, 15) is 9.18 Å². The average molecular weight is 347 g/mol. The van der Waals surface area contributed by atoms with E-state index in [1.165, 1.54) is 12.1 Å². The Labute approximate surface area is 144 Å². The molecule has 126 valence electrons. The van der Waals surface area contributed by atoms with Gasteiger partial charge in [-0.05, 0) is 24.3 Å². The number of nitrogens with zero attached hydrogens (tertiary/aromatic N) is 1. The molecule has 0 aliphatic carbocycles. The monoisotopic (exact) mass is 347 g/mol. The topological polar surface area (TPSA) is 38.8 Å². The van der Waals surface area contributed by atoms with E-state index in [0.29, 0.717) is 23.6 Å². The van der Waals surface area contributed by atoms with E-state index in [4.69, 9.17) is 9.47 Å². The Morgan fingerprint density at radius 3 is 2.71 bits per heavy atom. The molecule has 0 aromatic heterocycles. The van der Waals surface area contributed by atoms with Crippen molar-refractivity contribution in [2.75, 3.05) is 26.5 Å². The quantitative estimate of drug-likeness (QED) is 0.845. The van der Waals surface area contributed by atoms with Crippen molar-refractivity contribution in [1.29, 1.82) is 0 Å². The molecule has 1 saturated heterocycles. The number of para-hydroxylation sites is 1. The first-order valence-corrected chi connectivity index (χ1v) is 8.59. The summed E-state index contributed by atoms with van der Waals surface area (Å²) in [7, 11) is 3.17. The number of methoxy groups -OCH3 is 2. The molecule has 0 N–H and O–H groups in total. The van der Waals surface area contributed by atoms with E-state index < -0.39 is 5.82 Å². The highest BCUT2D eigenvalue weighted by atomic mass is 32.2. The second-order valence-electron chi connectivity index (χ2n) is 5.31. The molecule has 0 bridgehead atoms. The molecule has 24 heavy (non-hydrogen) atoms. The molecule has 0 spiro atoms.